The minimum absolute atomic E-state index is 0.161. The lowest BCUT2D eigenvalue weighted by atomic mass is 10.2. The van der Waals surface area contributed by atoms with Crippen LogP contribution in [0.25, 0.3) is 0 Å². The first-order valence-corrected chi connectivity index (χ1v) is 8.06. The average molecular weight is 366 g/mol. The number of nitrogens with one attached hydrogen (secondary N) is 3. The van der Waals surface area contributed by atoms with E-state index in [0.717, 1.165) is 0 Å². The molecule has 2 amide bonds. The monoisotopic (exact) mass is 365 g/mol. The number of carbonyl (C=O) groups is 2. The van der Waals surface area contributed by atoms with Crippen molar-refractivity contribution in [2.75, 3.05) is 22.5 Å². The standard InChI is InChI=1S/C17H17Cl2N3O2/c1-11(23)21-12-4-2-5-13(10-12)22-16(24)8-9-20-17-14(18)6-3-7-15(17)19/h2-7,10,20H,8-9H2,1H3,(H,21,23)(H,22,24). The van der Waals surface area contributed by atoms with Crippen LogP contribution < -0.4 is 16.0 Å². The van der Waals surface area contributed by atoms with Gasteiger partial charge in [0.05, 0.1) is 15.7 Å². The van der Waals surface area contributed by atoms with Crippen molar-refractivity contribution < 1.29 is 9.59 Å². The Labute approximate surface area is 150 Å². The number of hydrogen-bond donors (Lipinski definition) is 3. The highest BCUT2D eigenvalue weighted by molar-refractivity contribution is 6.39. The van der Waals surface area contributed by atoms with Crippen molar-refractivity contribution in [3.63, 3.8) is 0 Å². The van der Waals surface area contributed by atoms with Gasteiger partial charge in [-0.1, -0.05) is 35.3 Å². The number of hydrogen-bond acceptors (Lipinski definition) is 3. The Hall–Kier alpha value is -2.24. The number of amides is 2. The van der Waals surface area contributed by atoms with E-state index >= 15 is 0 Å². The van der Waals surface area contributed by atoms with Crippen molar-refractivity contribution in [3.05, 3.63) is 52.5 Å². The van der Waals surface area contributed by atoms with Crippen LogP contribution in [0.4, 0.5) is 17.1 Å². The number of anilines is 3. The van der Waals surface area contributed by atoms with E-state index in [-0.39, 0.29) is 18.2 Å². The van der Waals surface area contributed by atoms with E-state index in [9.17, 15) is 9.59 Å². The van der Waals surface area contributed by atoms with Gasteiger partial charge in [0.1, 0.15) is 0 Å². The summed E-state index contributed by atoms with van der Waals surface area (Å²) in [6, 6.07) is 12.2. The van der Waals surface area contributed by atoms with Crippen LogP contribution in [0.5, 0.6) is 0 Å². The van der Waals surface area contributed by atoms with Crippen LogP contribution in [0.2, 0.25) is 10.0 Å². The van der Waals surface area contributed by atoms with Crippen LogP contribution in [0.3, 0.4) is 0 Å². The van der Waals surface area contributed by atoms with Gasteiger partial charge in [0, 0.05) is 31.3 Å². The van der Waals surface area contributed by atoms with Gasteiger partial charge in [-0.05, 0) is 30.3 Å². The van der Waals surface area contributed by atoms with Crippen LogP contribution in [0.1, 0.15) is 13.3 Å². The van der Waals surface area contributed by atoms with Gasteiger partial charge in [0.15, 0.2) is 0 Å². The predicted molar refractivity (Wildman–Crippen MR) is 98.9 cm³/mol. The van der Waals surface area contributed by atoms with E-state index in [1.165, 1.54) is 6.92 Å². The van der Waals surface area contributed by atoms with Crippen molar-refractivity contribution in [1.29, 1.82) is 0 Å². The Morgan fingerprint density at radius 2 is 1.54 bits per heavy atom. The first kappa shape index (κ1) is 18.1. The smallest absolute Gasteiger partial charge is 0.226 e. The molecular weight excluding hydrogens is 349 g/mol. The van der Waals surface area contributed by atoms with Crippen molar-refractivity contribution in [3.8, 4) is 0 Å². The van der Waals surface area contributed by atoms with E-state index in [0.29, 0.717) is 33.7 Å². The lowest BCUT2D eigenvalue weighted by molar-refractivity contribution is -0.116. The largest absolute Gasteiger partial charge is 0.382 e. The summed E-state index contributed by atoms with van der Waals surface area (Å²) in [6.07, 6.45) is 0.242. The van der Waals surface area contributed by atoms with Gasteiger partial charge in [-0.25, -0.2) is 0 Å². The van der Waals surface area contributed by atoms with Gasteiger partial charge in [0.25, 0.3) is 0 Å². The molecule has 0 unspecified atom stereocenters. The van der Waals surface area contributed by atoms with E-state index in [2.05, 4.69) is 16.0 Å². The maximum atomic E-state index is 12.0. The third kappa shape index (κ3) is 5.44. The molecule has 0 heterocycles. The summed E-state index contributed by atoms with van der Waals surface area (Å²) in [5.74, 6) is -0.329. The molecule has 0 aliphatic carbocycles. The Bertz CT molecular complexity index is 730. The van der Waals surface area contributed by atoms with Crippen LogP contribution in [0.15, 0.2) is 42.5 Å². The summed E-state index contributed by atoms with van der Waals surface area (Å²) in [5.41, 5.74) is 1.85. The molecule has 5 nitrogen and oxygen atoms in total. The fraction of sp³-hybridized carbons (Fsp3) is 0.176. The van der Waals surface area contributed by atoms with Crippen molar-refractivity contribution in [2.45, 2.75) is 13.3 Å². The molecule has 0 radical (unpaired) electrons. The van der Waals surface area contributed by atoms with Crippen molar-refractivity contribution >= 4 is 52.1 Å². The number of halogens is 2. The molecule has 0 saturated carbocycles. The molecule has 0 fully saturated rings. The molecule has 0 aliphatic rings. The molecule has 0 bridgehead atoms. The molecular formula is C17H17Cl2N3O2. The molecule has 2 aromatic carbocycles. The molecule has 126 valence electrons. The lowest BCUT2D eigenvalue weighted by Gasteiger charge is -2.11. The fourth-order valence-electron chi connectivity index (χ4n) is 2.07. The first-order valence-electron chi connectivity index (χ1n) is 7.31. The molecule has 3 N–H and O–H groups in total. The van der Waals surface area contributed by atoms with Crippen LogP contribution in [-0.4, -0.2) is 18.4 Å². The molecule has 0 spiro atoms. The molecule has 24 heavy (non-hydrogen) atoms. The van der Waals surface area contributed by atoms with Crippen molar-refractivity contribution in [2.24, 2.45) is 0 Å². The summed E-state index contributed by atoms with van der Waals surface area (Å²) in [6.45, 7) is 1.82. The second-order valence-corrected chi connectivity index (χ2v) is 5.90. The second kappa shape index (κ2) is 8.57. The summed E-state index contributed by atoms with van der Waals surface area (Å²) in [4.78, 5) is 23.1. The molecule has 0 aromatic heterocycles. The zero-order valence-electron chi connectivity index (χ0n) is 13.0. The third-order valence-electron chi connectivity index (χ3n) is 3.08. The van der Waals surface area contributed by atoms with Gasteiger partial charge in [-0.2, -0.15) is 0 Å². The summed E-state index contributed by atoms with van der Waals surface area (Å²) < 4.78 is 0. The van der Waals surface area contributed by atoms with Crippen LogP contribution in [0, 0.1) is 0 Å². The Kier molecular flexibility index (Phi) is 6.46. The normalized spacial score (nSPS) is 10.1. The van der Waals surface area contributed by atoms with Gasteiger partial charge in [0.2, 0.25) is 11.8 Å². The molecule has 0 aliphatic heterocycles. The first-order chi connectivity index (χ1) is 11.5. The molecule has 0 saturated heterocycles. The Morgan fingerprint density at radius 1 is 0.958 bits per heavy atom. The van der Waals surface area contributed by atoms with E-state index in [4.69, 9.17) is 23.2 Å². The zero-order valence-corrected chi connectivity index (χ0v) is 14.5. The van der Waals surface area contributed by atoms with Crippen LogP contribution in [-0.2, 0) is 9.59 Å². The predicted octanol–water partition coefficient (Wildman–Crippen LogP) is 4.39. The Balaban J connectivity index is 1.86. The van der Waals surface area contributed by atoms with Gasteiger partial charge in [-0.3, -0.25) is 9.59 Å². The minimum Gasteiger partial charge on any atom is -0.382 e. The van der Waals surface area contributed by atoms with Gasteiger partial charge in [-0.15, -0.1) is 0 Å². The second-order valence-electron chi connectivity index (χ2n) is 5.08. The van der Waals surface area contributed by atoms with Crippen LogP contribution >= 0.6 is 23.2 Å². The Morgan fingerprint density at radius 3 is 2.17 bits per heavy atom. The highest BCUT2D eigenvalue weighted by atomic mass is 35.5. The zero-order chi connectivity index (χ0) is 17.5. The van der Waals surface area contributed by atoms with E-state index in [1.807, 2.05) is 0 Å². The highest BCUT2D eigenvalue weighted by Crippen LogP contribution is 2.29. The van der Waals surface area contributed by atoms with Crippen molar-refractivity contribution in [1.82, 2.24) is 0 Å². The third-order valence-corrected chi connectivity index (χ3v) is 3.71. The maximum Gasteiger partial charge on any atom is 0.226 e. The summed E-state index contributed by atoms with van der Waals surface area (Å²) in [5, 5.41) is 9.50. The number of para-hydroxylation sites is 1. The maximum absolute atomic E-state index is 12.0. The summed E-state index contributed by atoms with van der Waals surface area (Å²) in [7, 11) is 0. The fourth-order valence-corrected chi connectivity index (χ4v) is 2.60. The quantitative estimate of drug-likeness (QED) is 0.710. The molecule has 2 rings (SSSR count). The van der Waals surface area contributed by atoms with E-state index in [1.54, 1.807) is 42.5 Å². The van der Waals surface area contributed by atoms with E-state index < -0.39 is 0 Å². The van der Waals surface area contributed by atoms with Gasteiger partial charge >= 0.3 is 0 Å². The highest BCUT2D eigenvalue weighted by Gasteiger charge is 2.07. The summed E-state index contributed by atoms with van der Waals surface area (Å²) >= 11 is 12.1. The number of carbonyl (C=O) groups excluding carboxylic acids is 2. The number of rotatable bonds is 6. The number of benzene rings is 2. The molecule has 0 atom stereocenters. The lowest BCUT2D eigenvalue weighted by Crippen LogP contribution is -2.16. The SMILES string of the molecule is CC(=O)Nc1cccc(NC(=O)CCNc2c(Cl)cccc2Cl)c1. The molecule has 7 heteroatoms. The minimum atomic E-state index is -0.167. The molecule has 2 aromatic rings. The van der Waals surface area contributed by atoms with Gasteiger partial charge < -0.3 is 16.0 Å². The topological polar surface area (TPSA) is 70.2 Å². The average Bonchev–Trinajstić information content (AvgIpc) is 2.50.